The molecule has 2 aliphatic heterocycles. The summed E-state index contributed by atoms with van der Waals surface area (Å²) < 4.78 is 65.9. The third-order valence-corrected chi connectivity index (χ3v) is 8.99. The average Bonchev–Trinajstić information content (AvgIpc) is 2.99. The molecule has 2 saturated heterocycles. The maximum atomic E-state index is 13.4. The van der Waals surface area contributed by atoms with Gasteiger partial charge in [-0.15, -0.1) is 0 Å². The number of hydrogen-bond donors (Lipinski definition) is 0. The highest BCUT2D eigenvalue weighted by molar-refractivity contribution is 7.89. The number of thiocarbonyl (C=S) groups is 1. The van der Waals surface area contributed by atoms with Crippen LogP contribution in [0.3, 0.4) is 0 Å². The average molecular weight is 546 g/mol. The summed E-state index contributed by atoms with van der Waals surface area (Å²) in [5.74, 6) is -0.340. The Labute approximate surface area is 215 Å². The van der Waals surface area contributed by atoms with Crippen LogP contribution in [0, 0.1) is 11.3 Å². The van der Waals surface area contributed by atoms with Crippen LogP contribution in [0.15, 0.2) is 18.2 Å². The number of nitrogens with zero attached hydrogens (tertiary/aromatic N) is 5. The lowest BCUT2D eigenvalue weighted by molar-refractivity contribution is -0.137. The van der Waals surface area contributed by atoms with E-state index >= 15 is 0 Å². The molecule has 0 aliphatic carbocycles. The molecule has 0 unspecified atom stereocenters. The number of alkyl halides is 3. The van der Waals surface area contributed by atoms with Crippen molar-refractivity contribution in [1.29, 1.82) is 5.26 Å². The predicted octanol–water partition coefficient (Wildman–Crippen LogP) is 3.04. The summed E-state index contributed by atoms with van der Waals surface area (Å²) >= 11 is 5.51. The Morgan fingerprint density at radius 3 is 2.28 bits per heavy atom. The van der Waals surface area contributed by atoms with Gasteiger partial charge in [0.2, 0.25) is 10.0 Å². The molecule has 3 rings (SSSR count). The molecule has 8 nitrogen and oxygen atoms in total. The molecule has 0 atom stereocenters. The normalized spacial score (nSPS) is 19.7. The van der Waals surface area contributed by atoms with Crippen LogP contribution in [0.2, 0.25) is 0 Å². The minimum atomic E-state index is -4.74. The Kier molecular flexibility index (Phi) is 8.34. The molecule has 36 heavy (non-hydrogen) atoms. The maximum absolute atomic E-state index is 13.4. The largest absolute Gasteiger partial charge is 0.417 e. The van der Waals surface area contributed by atoms with Crippen molar-refractivity contribution in [3.05, 3.63) is 29.3 Å². The van der Waals surface area contributed by atoms with E-state index in [-0.39, 0.29) is 16.6 Å². The van der Waals surface area contributed by atoms with Gasteiger partial charge in [-0.1, -0.05) is 0 Å². The lowest BCUT2D eigenvalue weighted by atomic mass is 10.0. The summed E-state index contributed by atoms with van der Waals surface area (Å²) in [7, 11) is -3.18. The Morgan fingerprint density at radius 1 is 1.11 bits per heavy atom. The van der Waals surface area contributed by atoms with E-state index in [4.69, 9.17) is 17.5 Å². The fraction of sp³-hybridized carbons (Fsp3) is 0.609. The van der Waals surface area contributed by atoms with Gasteiger partial charge in [-0.3, -0.25) is 9.69 Å². The lowest BCUT2D eigenvalue weighted by Gasteiger charge is -2.34. The molecule has 198 valence electrons. The van der Waals surface area contributed by atoms with E-state index in [9.17, 15) is 26.4 Å². The molecule has 2 heterocycles. The molecule has 1 amide bonds. The molecule has 0 bridgehead atoms. The van der Waals surface area contributed by atoms with Crippen molar-refractivity contribution in [2.45, 2.75) is 45.3 Å². The minimum Gasteiger partial charge on any atom is -0.334 e. The molecule has 0 saturated carbocycles. The van der Waals surface area contributed by atoms with Crippen LogP contribution >= 0.6 is 12.2 Å². The quantitative estimate of drug-likeness (QED) is 0.367. The number of benzene rings is 1. The van der Waals surface area contributed by atoms with E-state index < -0.39 is 38.8 Å². The van der Waals surface area contributed by atoms with E-state index in [2.05, 4.69) is 4.90 Å². The molecule has 0 spiro atoms. The van der Waals surface area contributed by atoms with Crippen LogP contribution in [0.25, 0.3) is 0 Å². The van der Waals surface area contributed by atoms with Crippen LogP contribution < -0.4 is 4.90 Å². The highest BCUT2D eigenvalue weighted by Crippen LogP contribution is 2.37. The van der Waals surface area contributed by atoms with Gasteiger partial charge >= 0.3 is 6.18 Å². The first kappa shape index (κ1) is 28.3. The number of hydrogen-bond acceptors (Lipinski definition) is 6. The van der Waals surface area contributed by atoms with Gasteiger partial charge in [-0.25, -0.2) is 8.42 Å². The van der Waals surface area contributed by atoms with Crippen LogP contribution in [0.5, 0.6) is 0 Å². The van der Waals surface area contributed by atoms with Crippen molar-refractivity contribution in [1.82, 2.24) is 14.1 Å². The molecule has 2 fully saturated rings. The van der Waals surface area contributed by atoms with Crippen molar-refractivity contribution in [3.63, 3.8) is 0 Å². The topological polar surface area (TPSA) is 88.0 Å². The Hall–Kier alpha value is -2.27. The number of rotatable bonds is 8. The molecular formula is C23H30F3N5O3S2. The molecule has 0 N–H and O–H groups in total. The highest BCUT2D eigenvalue weighted by Gasteiger charge is 2.49. The standard InChI is InChI=1S/C23H30F3N5O3S2/c1-4-36(33,34)29-13-11-28(12-14-29)9-5-6-10-30-21(35)31(20(32)22(30,2)3)18-8-7-17(16-27)19(15-18)23(24,25)26/h7-8,15H,4-6,9-14H2,1-3H3. The second-order valence-corrected chi connectivity index (χ2v) is 11.9. The maximum Gasteiger partial charge on any atom is 0.417 e. The van der Waals surface area contributed by atoms with Gasteiger partial charge in [0, 0.05) is 32.7 Å². The Balaban J connectivity index is 1.62. The summed E-state index contributed by atoms with van der Waals surface area (Å²) in [4.78, 5) is 18.2. The van der Waals surface area contributed by atoms with Gasteiger partial charge in [-0.05, 0) is 70.6 Å². The molecule has 13 heteroatoms. The van der Waals surface area contributed by atoms with Crippen LogP contribution in [-0.4, -0.2) is 84.1 Å². The number of unbranched alkanes of at least 4 members (excludes halogenated alkanes) is 1. The third kappa shape index (κ3) is 5.66. The summed E-state index contributed by atoms with van der Waals surface area (Å²) in [6.45, 7) is 8.45. The molecule has 0 aromatic heterocycles. The fourth-order valence-corrected chi connectivity index (χ4v) is 6.05. The SMILES string of the molecule is CCS(=O)(=O)N1CCN(CCCCN2C(=S)N(c3ccc(C#N)c(C(F)(F)F)c3)C(=O)C2(C)C)CC1. The zero-order chi connectivity index (χ0) is 26.9. The number of piperazine rings is 1. The predicted molar refractivity (Wildman–Crippen MR) is 134 cm³/mol. The van der Waals surface area contributed by atoms with E-state index in [1.165, 1.54) is 16.4 Å². The van der Waals surface area contributed by atoms with Crippen molar-refractivity contribution >= 4 is 38.9 Å². The summed E-state index contributed by atoms with van der Waals surface area (Å²) in [5, 5.41) is 9.17. The van der Waals surface area contributed by atoms with Crippen molar-refractivity contribution in [2.24, 2.45) is 0 Å². The molecule has 0 radical (unpaired) electrons. The molecule has 1 aromatic rings. The first-order valence-electron chi connectivity index (χ1n) is 11.7. The smallest absolute Gasteiger partial charge is 0.334 e. The van der Waals surface area contributed by atoms with Crippen LogP contribution in [0.4, 0.5) is 18.9 Å². The number of amides is 1. The number of halogens is 3. The van der Waals surface area contributed by atoms with Crippen molar-refractivity contribution in [2.75, 3.05) is 49.9 Å². The third-order valence-electron chi connectivity index (χ3n) is 6.71. The highest BCUT2D eigenvalue weighted by atomic mass is 32.2. The number of anilines is 1. The zero-order valence-corrected chi connectivity index (χ0v) is 22.1. The minimum absolute atomic E-state index is 0.0215. The number of carbonyl (C=O) groups excluding carboxylic acids is 1. The van der Waals surface area contributed by atoms with E-state index in [1.807, 2.05) is 0 Å². The first-order chi connectivity index (χ1) is 16.7. The monoisotopic (exact) mass is 545 g/mol. The second-order valence-electron chi connectivity index (χ2n) is 9.32. The Bertz CT molecular complexity index is 1160. The van der Waals surface area contributed by atoms with Gasteiger partial charge in [0.15, 0.2) is 5.11 Å². The van der Waals surface area contributed by atoms with Gasteiger partial charge in [-0.2, -0.15) is 22.7 Å². The van der Waals surface area contributed by atoms with E-state index in [0.717, 1.165) is 30.0 Å². The summed E-state index contributed by atoms with van der Waals surface area (Å²) in [6.07, 6.45) is -3.26. The van der Waals surface area contributed by atoms with Crippen LogP contribution in [0.1, 0.15) is 44.7 Å². The Morgan fingerprint density at radius 2 is 1.72 bits per heavy atom. The van der Waals surface area contributed by atoms with E-state index in [0.29, 0.717) is 39.1 Å². The second kappa shape index (κ2) is 10.6. The summed E-state index contributed by atoms with van der Waals surface area (Å²) in [6, 6.07) is 4.68. The summed E-state index contributed by atoms with van der Waals surface area (Å²) in [5.41, 5.74) is -2.69. The van der Waals surface area contributed by atoms with Gasteiger partial charge in [0.25, 0.3) is 5.91 Å². The van der Waals surface area contributed by atoms with Crippen molar-refractivity contribution < 1.29 is 26.4 Å². The number of nitriles is 1. The van der Waals surface area contributed by atoms with Gasteiger partial charge in [0.05, 0.1) is 28.6 Å². The first-order valence-corrected chi connectivity index (χ1v) is 13.7. The lowest BCUT2D eigenvalue weighted by Crippen LogP contribution is -2.49. The number of sulfonamides is 1. The number of carbonyl (C=O) groups is 1. The fourth-order valence-electron chi connectivity index (χ4n) is 4.46. The molecule has 1 aromatic carbocycles. The zero-order valence-electron chi connectivity index (χ0n) is 20.5. The molecule has 2 aliphatic rings. The molecular weight excluding hydrogens is 515 g/mol. The van der Waals surface area contributed by atoms with E-state index in [1.54, 1.807) is 25.7 Å². The van der Waals surface area contributed by atoms with Gasteiger partial charge in [0.1, 0.15) is 5.54 Å². The van der Waals surface area contributed by atoms with Gasteiger partial charge < -0.3 is 9.80 Å². The van der Waals surface area contributed by atoms with Crippen LogP contribution in [-0.2, 0) is 21.0 Å². The van der Waals surface area contributed by atoms with Crippen molar-refractivity contribution in [3.8, 4) is 6.07 Å².